The molecule has 464 valence electrons. The first-order valence-corrected chi connectivity index (χ1v) is 34.5. The van der Waals surface area contributed by atoms with Gasteiger partial charge in [0.15, 0.2) is 6.10 Å². The Labute approximate surface area is 498 Å². The van der Waals surface area contributed by atoms with Crippen molar-refractivity contribution >= 4 is 19.8 Å². The third-order valence-electron chi connectivity index (χ3n) is 13.8. The molecule has 0 saturated carbocycles. The van der Waals surface area contributed by atoms with E-state index in [0.29, 0.717) is 6.42 Å². The van der Waals surface area contributed by atoms with Crippen LogP contribution in [0.3, 0.4) is 0 Å². The average molecular weight is 1150 g/mol. The number of nitrogens with two attached hydrogens (primary N) is 1. The fourth-order valence-electron chi connectivity index (χ4n) is 8.98. The number of hydrogen-bond donors (Lipinski definition) is 2. The van der Waals surface area contributed by atoms with Gasteiger partial charge in [-0.05, 0) is 109 Å². The van der Waals surface area contributed by atoms with Crippen molar-refractivity contribution in [2.45, 2.75) is 290 Å². The van der Waals surface area contributed by atoms with Gasteiger partial charge in [-0.2, -0.15) is 0 Å². The fraction of sp³-hybridized carbons (Fsp3) is 0.690. The lowest BCUT2D eigenvalue weighted by Crippen LogP contribution is -2.29. The molecule has 10 heteroatoms. The minimum Gasteiger partial charge on any atom is -0.462 e. The standard InChI is InChI=1S/C71H122NO8P/c1-3-5-7-9-11-13-15-17-19-21-23-25-27-28-29-30-31-32-33-34-35-36-37-38-39-40-42-44-46-48-50-52-54-56-58-60-62-64-71(74)80-69(68-79-81(75,76)78-66-65-72)67-77-70(73)63-61-59-57-55-53-51-49-47-45-43-41-26-24-22-20-18-16-14-12-10-8-6-4-2/h5,7,11,13,16-19,22-25,28-29,31-32,34-35,37-38,69H,3-4,6,8-10,12,14-15,20-21,26-27,30,33,36,39-68,72H2,1-2H3,(H,75,76)/b7-5-,13-11-,18-16-,19-17-,24-22-,25-23-,29-28-,32-31-,35-34-,38-37-. The normalized spacial score (nSPS) is 13.8. The Hall–Kier alpha value is -3.59. The van der Waals surface area contributed by atoms with Crippen LogP contribution in [0, 0.1) is 0 Å². The van der Waals surface area contributed by atoms with Crippen molar-refractivity contribution < 1.29 is 37.6 Å². The maximum Gasteiger partial charge on any atom is 0.472 e. The molecule has 0 bridgehead atoms. The zero-order valence-corrected chi connectivity index (χ0v) is 52.9. The van der Waals surface area contributed by atoms with Gasteiger partial charge in [-0.1, -0.05) is 283 Å². The second kappa shape index (κ2) is 65.6. The molecule has 0 saturated heterocycles. The highest BCUT2D eigenvalue weighted by atomic mass is 31.2. The molecule has 0 aromatic heterocycles. The second-order valence-corrected chi connectivity index (χ2v) is 23.1. The first-order valence-electron chi connectivity index (χ1n) is 33.0. The van der Waals surface area contributed by atoms with E-state index in [2.05, 4.69) is 135 Å². The lowest BCUT2D eigenvalue weighted by Gasteiger charge is -2.19. The molecule has 2 unspecified atom stereocenters. The van der Waals surface area contributed by atoms with Crippen LogP contribution in [0.25, 0.3) is 0 Å². The zero-order chi connectivity index (χ0) is 58.7. The molecule has 0 aliphatic carbocycles. The van der Waals surface area contributed by atoms with Gasteiger partial charge in [0.2, 0.25) is 0 Å². The largest absolute Gasteiger partial charge is 0.472 e. The fourth-order valence-corrected chi connectivity index (χ4v) is 9.74. The quantitative estimate of drug-likeness (QED) is 0.0264. The summed E-state index contributed by atoms with van der Waals surface area (Å²) < 4.78 is 33.1. The lowest BCUT2D eigenvalue weighted by atomic mass is 10.0. The summed E-state index contributed by atoms with van der Waals surface area (Å²) in [4.78, 5) is 35.3. The molecule has 0 spiro atoms. The molecule has 9 nitrogen and oxygen atoms in total. The first kappa shape index (κ1) is 77.4. The van der Waals surface area contributed by atoms with Crippen LogP contribution >= 0.6 is 7.82 Å². The number of ether oxygens (including phenoxy) is 2. The van der Waals surface area contributed by atoms with Crippen LogP contribution in [0.1, 0.15) is 284 Å². The third kappa shape index (κ3) is 65.4. The highest BCUT2D eigenvalue weighted by Gasteiger charge is 2.26. The minimum atomic E-state index is -4.40. The summed E-state index contributed by atoms with van der Waals surface area (Å²) in [6.45, 7) is 3.63. The van der Waals surface area contributed by atoms with Gasteiger partial charge in [0.25, 0.3) is 0 Å². The summed E-state index contributed by atoms with van der Waals surface area (Å²) in [5, 5.41) is 0. The maximum absolute atomic E-state index is 12.7. The van der Waals surface area contributed by atoms with Crippen LogP contribution in [-0.2, 0) is 32.7 Å². The SMILES string of the molecule is CC/C=C\C/C=C\C/C=C\C/C=C\C/C=C\C/C=C\C/C=C\C/C=C\CCCCCCCCCCCCCCC(=O)OC(COC(=O)CCCCCCCCCCCCC/C=C\C/C=C\CCCCCCC)COP(=O)(O)OCCN. The Kier molecular flexibility index (Phi) is 62.7. The van der Waals surface area contributed by atoms with E-state index < -0.39 is 26.5 Å². The monoisotopic (exact) mass is 1150 g/mol. The van der Waals surface area contributed by atoms with Gasteiger partial charge in [-0.25, -0.2) is 4.57 Å². The van der Waals surface area contributed by atoms with E-state index in [-0.39, 0.29) is 38.6 Å². The van der Waals surface area contributed by atoms with Crippen molar-refractivity contribution in [2.24, 2.45) is 5.73 Å². The second-order valence-electron chi connectivity index (χ2n) is 21.6. The summed E-state index contributed by atoms with van der Waals surface area (Å²) in [6, 6.07) is 0. The van der Waals surface area contributed by atoms with Gasteiger partial charge < -0.3 is 20.1 Å². The molecule has 0 aliphatic heterocycles. The Morgan fingerprint density at radius 2 is 0.679 bits per heavy atom. The molecule has 0 aromatic carbocycles. The van der Waals surface area contributed by atoms with Gasteiger partial charge in [-0.3, -0.25) is 18.6 Å². The van der Waals surface area contributed by atoms with Crippen molar-refractivity contribution in [1.82, 2.24) is 0 Å². The van der Waals surface area contributed by atoms with E-state index in [9.17, 15) is 19.0 Å². The molecule has 0 heterocycles. The smallest absolute Gasteiger partial charge is 0.462 e. The highest BCUT2D eigenvalue weighted by Crippen LogP contribution is 2.43. The molecular weight excluding hydrogens is 1030 g/mol. The van der Waals surface area contributed by atoms with Crippen LogP contribution < -0.4 is 5.73 Å². The predicted octanol–water partition coefficient (Wildman–Crippen LogP) is 21.5. The number of phosphoric ester groups is 1. The molecule has 0 rings (SSSR count). The van der Waals surface area contributed by atoms with Crippen molar-refractivity contribution in [3.05, 3.63) is 122 Å². The number of carbonyl (C=O) groups excluding carboxylic acids is 2. The van der Waals surface area contributed by atoms with Gasteiger partial charge >= 0.3 is 19.8 Å². The molecule has 0 radical (unpaired) electrons. The number of unbranched alkanes of at least 4 members (excludes halogenated alkanes) is 28. The van der Waals surface area contributed by atoms with Crippen molar-refractivity contribution in [1.29, 1.82) is 0 Å². The first-order chi connectivity index (χ1) is 39.8. The van der Waals surface area contributed by atoms with Crippen LogP contribution in [0.15, 0.2) is 122 Å². The number of phosphoric acid groups is 1. The van der Waals surface area contributed by atoms with Gasteiger partial charge in [-0.15, -0.1) is 0 Å². The van der Waals surface area contributed by atoms with Gasteiger partial charge in [0.1, 0.15) is 6.61 Å². The molecule has 0 amide bonds. The van der Waals surface area contributed by atoms with E-state index in [1.54, 1.807) is 0 Å². The molecular formula is C71H122NO8P. The highest BCUT2D eigenvalue weighted by molar-refractivity contribution is 7.47. The van der Waals surface area contributed by atoms with E-state index >= 15 is 0 Å². The van der Waals surface area contributed by atoms with Crippen LogP contribution in [0.4, 0.5) is 0 Å². The number of allylic oxidation sites excluding steroid dienone is 20. The Bertz CT molecular complexity index is 1740. The van der Waals surface area contributed by atoms with E-state index in [1.807, 2.05) is 0 Å². The van der Waals surface area contributed by atoms with Crippen LogP contribution in [0.2, 0.25) is 0 Å². The number of esters is 2. The molecule has 0 aromatic rings. The Morgan fingerprint density at radius 3 is 1.01 bits per heavy atom. The summed E-state index contributed by atoms with van der Waals surface area (Å²) in [5.74, 6) is -0.831. The Morgan fingerprint density at radius 1 is 0.383 bits per heavy atom. The minimum absolute atomic E-state index is 0.0485. The van der Waals surface area contributed by atoms with Crippen LogP contribution in [-0.4, -0.2) is 49.3 Å². The summed E-state index contributed by atoms with van der Waals surface area (Å²) in [5.41, 5.74) is 5.39. The van der Waals surface area contributed by atoms with Crippen molar-refractivity contribution in [2.75, 3.05) is 26.4 Å². The summed E-state index contributed by atoms with van der Waals surface area (Å²) >= 11 is 0. The Balaban J connectivity index is 3.94. The lowest BCUT2D eigenvalue weighted by molar-refractivity contribution is -0.161. The summed E-state index contributed by atoms with van der Waals surface area (Å²) in [7, 11) is -4.40. The predicted molar refractivity (Wildman–Crippen MR) is 348 cm³/mol. The molecule has 81 heavy (non-hydrogen) atoms. The third-order valence-corrected chi connectivity index (χ3v) is 14.8. The number of hydrogen-bond acceptors (Lipinski definition) is 8. The van der Waals surface area contributed by atoms with Crippen molar-refractivity contribution in [3.8, 4) is 0 Å². The van der Waals surface area contributed by atoms with Crippen molar-refractivity contribution in [3.63, 3.8) is 0 Å². The van der Waals surface area contributed by atoms with Gasteiger partial charge in [0, 0.05) is 19.4 Å². The van der Waals surface area contributed by atoms with Crippen LogP contribution in [0.5, 0.6) is 0 Å². The average Bonchev–Trinajstić information content (AvgIpc) is 3.46. The maximum atomic E-state index is 12.7. The van der Waals surface area contributed by atoms with E-state index in [0.717, 1.165) is 96.3 Å². The van der Waals surface area contributed by atoms with Gasteiger partial charge in [0.05, 0.1) is 13.2 Å². The van der Waals surface area contributed by atoms with E-state index in [1.165, 1.54) is 154 Å². The molecule has 3 N–H and O–H groups in total. The number of carbonyl (C=O) groups is 2. The zero-order valence-electron chi connectivity index (χ0n) is 52.0. The van der Waals surface area contributed by atoms with E-state index in [4.69, 9.17) is 24.3 Å². The topological polar surface area (TPSA) is 134 Å². The molecule has 2 atom stereocenters. The number of rotatable bonds is 61. The molecule has 0 aliphatic rings. The summed E-state index contributed by atoms with van der Waals surface area (Å²) in [6.07, 6.45) is 91.2. The molecule has 0 fully saturated rings.